The number of hydrazine groups is 1. The van der Waals surface area contributed by atoms with Gasteiger partial charge < -0.3 is 15.5 Å². The van der Waals surface area contributed by atoms with Crippen molar-refractivity contribution in [3.05, 3.63) is 75.2 Å². The first-order valence-electron chi connectivity index (χ1n) is 13.0. The summed E-state index contributed by atoms with van der Waals surface area (Å²) < 4.78 is 0. The second-order valence-electron chi connectivity index (χ2n) is 9.59. The lowest BCUT2D eigenvalue weighted by atomic mass is 10.3. The zero-order valence-corrected chi connectivity index (χ0v) is 26.7. The number of nitrogens with zero attached hydrogens (tertiary/aromatic N) is 11. The van der Waals surface area contributed by atoms with Crippen molar-refractivity contribution in [2.75, 3.05) is 49.1 Å². The highest BCUT2D eigenvalue weighted by Gasteiger charge is 2.11. The van der Waals surface area contributed by atoms with Gasteiger partial charge in [-0.1, -0.05) is 0 Å². The molecule has 16 nitrogen and oxygen atoms in total. The predicted molar refractivity (Wildman–Crippen MR) is 169 cm³/mol. The monoisotopic (exact) mass is 594 g/mol. The topological polar surface area (TPSA) is 217 Å². The minimum absolute atomic E-state index is 0.0319. The average Bonchev–Trinajstić information content (AvgIpc) is 2.91. The van der Waals surface area contributed by atoms with Crippen molar-refractivity contribution in [1.82, 2.24) is 39.9 Å². The van der Waals surface area contributed by atoms with E-state index in [2.05, 4.69) is 45.3 Å². The van der Waals surface area contributed by atoms with Crippen molar-refractivity contribution in [1.29, 1.82) is 0 Å². The molecule has 43 heavy (non-hydrogen) atoms. The summed E-state index contributed by atoms with van der Waals surface area (Å²) >= 11 is 0. The summed E-state index contributed by atoms with van der Waals surface area (Å²) in [6, 6.07) is 0. The van der Waals surface area contributed by atoms with Gasteiger partial charge in [0.2, 0.25) is 5.95 Å². The van der Waals surface area contributed by atoms with Crippen LogP contribution in [0.3, 0.4) is 0 Å². The number of rotatable bonds is 4. The van der Waals surface area contributed by atoms with Gasteiger partial charge in [-0.3, -0.25) is 15.5 Å². The average molecular weight is 595 g/mol. The predicted octanol–water partition coefficient (Wildman–Crippen LogP) is 2.97. The number of aromatic nitrogens is 8. The Labute approximate surface area is 252 Å². The van der Waals surface area contributed by atoms with Crippen LogP contribution in [0, 0.1) is 58.6 Å². The van der Waals surface area contributed by atoms with E-state index in [9.17, 15) is 10.1 Å². The molecular formula is C27H42N14O2. The molecule has 4 aromatic heterocycles. The van der Waals surface area contributed by atoms with Crippen molar-refractivity contribution in [2.24, 2.45) is 5.84 Å². The molecule has 0 amide bonds. The first-order valence-corrected chi connectivity index (χ1v) is 13.0. The van der Waals surface area contributed by atoms with Crippen molar-refractivity contribution >= 4 is 28.7 Å². The number of hydrogen-bond acceptors (Lipinski definition) is 15. The maximum absolute atomic E-state index is 10.3. The van der Waals surface area contributed by atoms with Crippen LogP contribution in [0.2, 0.25) is 0 Å². The van der Waals surface area contributed by atoms with E-state index in [-0.39, 0.29) is 5.69 Å². The minimum atomic E-state index is -0.491. The smallest absolute Gasteiger partial charge is 0.308 e. The van der Waals surface area contributed by atoms with Crippen LogP contribution in [0.1, 0.15) is 40.2 Å². The number of nitrogens with two attached hydrogens (primary N) is 2. The van der Waals surface area contributed by atoms with Crippen LogP contribution in [0.4, 0.5) is 28.7 Å². The van der Waals surface area contributed by atoms with E-state index in [0.717, 1.165) is 40.1 Å². The Balaban J connectivity index is 0.000000288. The molecule has 0 aliphatic carbocycles. The molecular weight excluding hydrogens is 552 g/mol. The molecule has 0 spiro atoms. The quantitative estimate of drug-likeness (QED) is 0.176. The van der Waals surface area contributed by atoms with Gasteiger partial charge in [-0.15, -0.1) is 0 Å². The lowest BCUT2D eigenvalue weighted by Gasteiger charge is -2.14. The molecule has 232 valence electrons. The van der Waals surface area contributed by atoms with Gasteiger partial charge in [-0.25, -0.2) is 45.7 Å². The van der Waals surface area contributed by atoms with E-state index < -0.39 is 4.92 Å². The van der Waals surface area contributed by atoms with Gasteiger partial charge in [0, 0.05) is 28.2 Å². The molecule has 5 N–H and O–H groups in total. The fraction of sp³-hybridized carbons (Fsp3) is 0.407. The molecule has 0 saturated heterocycles. The second-order valence-corrected chi connectivity index (χ2v) is 9.59. The van der Waals surface area contributed by atoms with Crippen LogP contribution < -0.4 is 26.8 Å². The fourth-order valence-electron chi connectivity index (χ4n) is 3.33. The number of anilines is 4. The third-order valence-electron chi connectivity index (χ3n) is 5.53. The molecule has 0 saturated carbocycles. The maximum atomic E-state index is 10.3. The molecule has 4 aromatic rings. The highest BCUT2D eigenvalue weighted by atomic mass is 16.6. The molecule has 0 aliphatic heterocycles. The standard InChI is InChI=1S/C8H13N3.C7H13N5.C6H7N3O2.C6H9N3/c1-6-8(11(3)4)5-9-7(2)10-6;1-5-6(12(2)3)4-9-7(10-5)11-8;1-4-6(9(10)11)3-7-5(2)8-4;1-4-6(7)3-8-5(2)9-4/h5H,1-4H3;4H,8H2,1-3H3,(H,9,10,11);3H,1-2H3;3H,7H2,1-2H3. The molecule has 0 aromatic carbocycles. The summed E-state index contributed by atoms with van der Waals surface area (Å²) in [5.41, 5.74) is 13.7. The highest BCUT2D eigenvalue weighted by Crippen LogP contribution is 2.15. The molecule has 0 bridgehead atoms. The zero-order valence-electron chi connectivity index (χ0n) is 26.7. The Bertz CT molecular complexity index is 1490. The van der Waals surface area contributed by atoms with Crippen molar-refractivity contribution in [3.63, 3.8) is 0 Å². The summed E-state index contributed by atoms with van der Waals surface area (Å²) in [4.78, 5) is 45.7. The molecule has 4 rings (SSSR count). The summed E-state index contributed by atoms with van der Waals surface area (Å²) in [5.74, 6) is 7.74. The minimum Gasteiger partial charge on any atom is -0.396 e. The van der Waals surface area contributed by atoms with E-state index in [1.807, 2.05) is 78.8 Å². The van der Waals surface area contributed by atoms with Crippen LogP contribution in [0.15, 0.2) is 24.8 Å². The summed E-state index contributed by atoms with van der Waals surface area (Å²) in [6.45, 7) is 12.8. The summed E-state index contributed by atoms with van der Waals surface area (Å²) in [7, 11) is 7.87. The van der Waals surface area contributed by atoms with Gasteiger partial charge in [-0.2, -0.15) is 0 Å². The lowest BCUT2D eigenvalue weighted by Crippen LogP contribution is -2.15. The molecule has 0 aliphatic rings. The number of nitrogens with one attached hydrogen (secondary N) is 1. The third-order valence-corrected chi connectivity index (χ3v) is 5.53. The van der Waals surface area contributed by atoms with Crippen molar-refractivity contribution in [3.8, 4) is 0 Å². The van der Waals surface area contributed by atoms with Gasteiger partial charge in [0.25, 0.3) is 0 Å². The Morgan fingerprint density at radius 1 is 0.651 bits per heavy atom. The van der Waals surface area contributed by atoms with E-state index in [0.29, 0.717) is 23.2 Å². The third kappa shape index (κ3) is 12.1. The maximum Gasteiger partial charge on any atom is 0.308 e. The van der Waals surface area contributed by atoms with E-state index in [1.165, 1.54) is 6.20 Å². The normalized spacial score (nSPS) is 9.67. The number of nitro groups is 1. The van der Waals surface area contributed by atoms with E-state index in [1.54, 1.807) is 26.2 Å². The van der Waals surface area contributed by atoms with Gasteiger partial charge in [0.05, 0.1) is 57.7 Å². The molecule has 0 atom stereocenters. The van der Waals surface area contributed by atoms with Crippen molar-refractivity contribution in [2.45, 2.75) is 48.5 Å². The van der Waals surface area contributed by atoms with Crippen molar-refractivity contribution < 1.29 is 4.92 Å². The lowest BCUT2D eigenvalue weighted by molar-refractivity contribution is -0.386. The first-order chi connectivity index (χ1) is 20.1. The van der Waals surface area contributed by atoms with Crippen LogP contribution in [0.5, 0.6) is 0 Å². The Hall–Kier alpha value is -5.12. The summed E-state index contributed by atoms with van der Waals surface area (Å²) in [6.07, 6.45) is 6.42. The van der Waals surface area contributed by atoms with E-state index >= 15 is 0 Å². The fourth-order valence-corrected chi connectivity index (χ4v) is 3.33. The largest absolute Gasteiger partial charge is 0.396 e. The molecule has 0 unspecified atom stereocenters. The van der Waals surface area contributed by atoms with Crippen LogP contribution in [0.25, 0.3) is 0 Å². The van der Waals surface area contributed by atoms with Crippen LogP contribution in [-0.4, -0.2) is 73.0 Å². The zero-order chi connectivity index (χ0) is 32.9. The highest BCUT2D eigenvalue weighted by molar-refractivity contribution is 5.49. The Morgan fingerprint density at radius 3 is 1.44 bits per heavy atom. The van der Waals surface area contributed by atoms with Crippen LogP contribution >= 0.6 is 0 Å². The van der Waals surface area contributed by atoms with Gasteiger partial charge >= 0.3 is 5.69 Å². The van der Waals surface area contributed by atoms with Gasteiger partial charge in [0.15, 0.2) is 0 Å². The second kappa shape index (κ2) is 17.0. The summed E-state index contributed by atoms with van der Waals surface area (Å²) in [5, 5.41) is 10.3. The van der Waals surface area contributed by atoms with E-state index in [4.69, 9.17) is 11.6 Å². The molecule has 0 fully saturated rings. The van der Waals surface area contributed by atoms with Gasteiger partial charge in [-0.05, 0) is 48.5 Å². The molecule has 0 radical (unpaired) electrons. The number of hydrogen-bond donors (Lipinski definition) is 3. The Kier molecular flexibility index (Phi) is 14.2. The molecule has 16 heteroatoms. The SMILES string of the molecule is Cc1nc(NN)ncc1N(C)C.Cc1ncc(N(C)C)c(C)n1.Cc1ncc(N)c(C)n1.Cc1ncc([N+](=O)[O-])c(C)n1. The molecule has 4 heterocycles. The first kappa shape index (κ1) is 35.9. The Morgan fingerprint density at radius 2 is 1.07 bits per heavy atom. The van der Waals surface area contributed by atoms with Gasteiger partial charge in [0.1, 0.15) is 29.4 Å². The number of nitrogen functional groups attached to an aromatic ring is 2. The van der Waals surface area contributed by atoms with Crippen LogP contribution in [-0.2, 0) is 0 Å². The number of aryl methyl sites for hydroxylation is 7.